The number of Topliss-reactive ketones (excluding diaryl/α,β-unsaturated/α-hetero) is 1. The second-order valence-electron chi connectivity index (χ2n) is 2.82. The molecule has 0 atom stereocenters. The Labute approximate surface area is 97.6 Å². The van der Waals surface area contributed by atoms with E-state index >= 15 is 0 Å². The molecule has 1 N–H and O–H groups in total. The minimum absolute atomic E-state index is 0.409. The molecule has 0 fully saturated rings. The molecule has 8 heteroatoms. The van der Waals surface area contributed by atoms with Gasteiger partial charge in [0.05, 0.1) is 5.02 Å². The molecule has 0 spiro atoms. The fraction of sp³-hybridized carbons (Fsp3) is 0.111. The number of rotatable bonds is 3. The monoisotopic (exact) mass is 268 g/mol. The Morgan fingerprint density at radius 1 is 1.29 bits per heavy atom. The Hall–Kier alpha value is -1.76. The molecule has 17 heavy (non-hydrogen) atoms. The Morgan fingerprint density at radius 3 is 2.29 bits per heavy atom. The summed E-state index contributed by atoms with van der Waals surface area (Å²) in [5.41, 5.74) is -0.409. The van der Waals surface area contributed by atoms with Crippen molar-refractivity contribution < 1.29 is 32.6 Å². The van der Waals surface area contributed by atoms with Crippen LogP contribution < -0.4 is 4.74 Å². The Morgan fingerprint density at radius 2 is 1.88 bits per heavy atom. The van der Waals surface area contributed by atoms with Crippen molar-refractivity contribution in [1.82, 2.24) is 0 Å². The number of carboxylic acid groups (broad SMARTS) is 1. The van der Waals surface area contributed by atoms with E-state index in [1.165, 1.54) is 0 Å². The number of aliphatic carboxylic acids is 1. The van der Waals surface area contributed by atoms with Crippen LogP contribution in [0.1, 0.15) is 10.4 Å². The zero-order valence-electron chi connectivity index (χ0n) is 7.92. The van der Waals surface area contributed by atoms with Gasteiger partial charge in [0.15, 0.2) is 0 Å². The van der Waals surface area contributed by atoms with Crippen LogP contribution in [0.25, 0.3) is 0 Å². The fourth-order valence-electron chi connectivity index (χ4n) is 0.992. The van der Waals surface area contributed by atoms with Gasteiger partial charge in [0, 0.05) is 5.56 Å². The number of halogens is 4. The van der Waals surface area contributed by atoms with Gasteiger partial charge in [-0.05, 0) is 18.2 Å². The van der Waals surface area contributed by atoms with E-state index in [1.54, 1.807) is 0 Å². The average molecular weight is 269 g/mol. The van der Waals surface area contributed by atoms with Gasteiger partial charge < -0.3 is 9.84 Å². The Kier molecular flexibility index (Phi) is 3.62. The van der Waals surface area contributed by atoms with Crippen LogP contribution in [0.3, 0.4) is 0 Å². The fourth-order valence-corrected chi connectivity index (χ4v) is 1.25. The van der Waals surface area contributed by atoms with E-state index in [1.807, 2.05) is 0 Å². The van der Waals surface area contributed by atoms with Crippen molar-refractivity contribution in [2.75, 3.05) is 0 Å². The number of hydrogen-bond donors (Lipinski definition) is 1. The topological polar surface area (TPSA) is 63.6 Å². The average Bonchev–Trinajstić information content (AvgIpc) is 2.14. The summed E-state index contributed by atoms with van der Waals surface area (Å²) < 4.78 is 39.0. The molecule has 1 aromatic carbocycles. The van der Waals surface area contributed by atoms with Gasteiger partial charge in [-0.15, -0.1) is 13.2 Å². The van der Waals surface area contributed by atoms with E-state index in [0.29, 0.717) is 6.07 Å². The third kappa shape index (κ3) is 3.63. The van der Waals surface area contributed by atoms with E-state index in [-0.39, 0.29) is 0 Å². The number of ether oxygens (including phenoxy) is 1. The normalized spacial score (nSPS) is 11.1. The molecule has 0 unspecified atom stereocenters. The molecule has 0 bridgehead atoms. The lowest BCUT2D eigenvalue weighted by Gasteiger charge is -2.09. The molecule has 0 saturated carbocycles. The van der Waals surface area contributed by atoms with Gasteiger partial charge in [-0.3, -0.25) is 4.79 Å². The van der Waals surface area contributed by atoms with Crippen LogP contribution in [0.5, 0.6) is 5.75 Å². The van der Waals surface area contributed by atoms with Crippen LogP contribution in [0, 0.1) is 0 Å². The molecular formula is C9H4ClF3O4. The minimum Gasteiger partial charge on any atom is -0.475 e. The van der Waals surface area contributed by atoms with Gasteiger partial charge in [-0.25, -0.2) is 4.79 Å². The maximum atomic E-state index is 11.8. The quantitative estimate of drug-likeness (QED) is 0.676. The van der Waals surface area contributed by atoms with Gasteiger partial charge in [-0.1, -0.05) is 11.6 Å². The number of hydrogen-bond acceptors (Lipinski definition) is 3. The standard InChI is InChI=1S/C9H4ClF3O4/c10-6-3-4(17-9(11,12)13)1-2-5(6)7(14)8(15)16/h1-3H,(H,15,16). The summed E-state index contributed by atoms with van der Waals surface area (Å²) in [6, 6.07) is 2.36. The third-order valence-electron chi connectivity index (χ3n) is 1.61. The lowest BCUT2D eigenvalue weighted by atomic mass is 10.1. The van der Waals surface area contributed by atoms with Crippen molar-refractivity contribution in [3.63, 3.8) is 0 Å². The summed E-state index contributed by atoms with van der Waals surface area (Å²) in [4.78, 5) is 21.4. The molecule has 0 heterocycles. The van der Waals surface area contributed by atoms with Crippen LogP contribution in [-0.4, -0.2) is 23.2 Å². The van der Waals surface area contributed by atoms with Gasteiger partial charge in [-0.2, -0.15) is 0 Å². The molecule has 0 radical (unpaired) electrons. The molecular weight excluding hydrogens is 265 g/mol. The number of carbonyl (C=O) groups excluding carboxylic acids is 1. The number of carboxylic acids is 1. The second kappa shape index (κ2) is 4.62. The highest BCUT2D eigenvalue weighted by atomic mass is 35.5. The highest BCUT2D eigenvalue weighted by Gasteiger charge is 2.31. The molecule has 0 aliphatic carbocycles. The molecule has 0 saturated heterocycles. The lowest BCUT2D eigenvalue weighted by Crippen LogP contribution is -2.17. The van der Waals surface area contributed by atoms with Crippen molar-refractivity contribution in [3.8, 4) is 5.75 Å². The highest BCUT2D eigenvalue weighted by molar-refractivity contribution is 6.45. The van der Waals surface area contributed by atoms with Crippen LogP contribution >= 0.6 is 11.6 Å². The first kappa shape index (κ1) is 13.3. The SMILES string of the molecule is O=C(O)C(=O)c1ccc(OC(F)(F)F)cc1Cl. The summed E-state index contributed by atoms with van der Waals surface area (Å²) in [7, 11) is 0. The van der Waals surface area contributed by atoms with Gasteiger partial charge in [0.25, 0.3) is 5.78 Å². The summed E-state index contributed by atoms with van der Waals surface area (Å²) >= 11 is 5.47. The number of benzene rings is 1. The summed E-state index contributed by atoms with van der Waals surface area (Å²) in [6.45, 7) is 0. The van der Waals surface area contributed by atoms with Crippen LogP contribution in [0.2, 0.25) is 5.02 Å². The van der Waals surface area contributed by atoms with E-state index in [2.05, 4.69) is 4.74 Å². The van der Waals surface area contributed by atoms with Crippen molar-refractivity contribution in [2.45, 2.75) is 6.36 Å². The van der Waals surface area contributed by atoms with Crippen molar-refractivity contribution in [1.29, 1.82) is 0 Å². The first-order valence-electron chi connectivity index (χ1n) is 4.03. The van der Waals surface area contributed by atoms with E-state index < -0.39 is 34.5 Å². The van der Waals surface area contributed by atoms with Crippen LogP contribution in [-0.2, 0) is 4.79 Å². The molecule has 1 rings (SSSR count). The van der Waals surface area contributed by atoms with Gasteiger partial charge in [0.1, 0.15) is 5.75 Å². The van der Waals surface area contributed by atoms with E-state index in [0.717, 1.165) is 12.1 Å². The van der Waals surface area contributed by atoms with Gasteiger partial charge >= 0.3 is 12.3 Å². The molecule has 0 aromatic heterocycles. The zero-order valence-corrected chi connectivity index (χ0v) is 8.67. The zero-order chi connectivity index (χ0) is 13.2. The van der Waals surface area contributed by atoms with Crippen LogP contribution in [0.15, 0.2) is 18.2 Å². The number of alkyl halides is 3. The molecule has 4 nitrogen and oxygen atoms in total. The largest absolute Gasteiger partial charge is 0.573 e. The molecule has 0 aliphatic heterocycles. The summed E-state index contributed by atoms with van der Waals surface area (Å²) in [5.74, 6) is -3.70. The highest BCUT2D eigenvalue weighted by Crippen LogP contribution is 2.27. The minimum atomic E-state index is -4.89. The summed E-state index contributed by atoms with van der Waals surface area (Å²) in [6.07, 6.45) is -4.89. The first-order valence-corrected chi connectivity index (χ1v) is 4.41. The number of ketones is 1. The summed E-state index contributed by atoms with van der Waals surface area (Å²) in [5, 5.41) is 7.96. The third-order valence-corrected chi connectivity index (χ3v) is 1.93. The first-order chi connectivity index (χ1) is 7.70. The van der Waals surface area contributed by atoms with Crippen molar-refractivity contribution in [2.24, 2.45) is 0 Å². The molecule has 92 valence electrons. The molecule has 0 amide bonds. The maximum absolute atomic E-state index is 11.8. The van der Waals surface area contributed by atoms with Gasteiger partial charge in [0.2, 0.25) is 0 Å². The smallest absolute Gasteiger partial charge is 0.475 e. The Balaban J connectivity index is 3.02. The van der Waals surface area contributed by atoms with Crippen molar-refractivity contribution in [3.05, 3.63) is 28.8 Å². The van der Waals surface area contributed by atoms with Crippen molar-refractivity contribution >= 4 is 23.4 Å². The molecule has 0 aliphatic rings. The van der Waals surface area contributed by atoms with E-state index in [9.17, 15) is 22.8 Å². The predicted molar refractivity (Wildman–Crippen MR) is 50.1 cm³/mol. The van der Waals surface area contributed by atoms with E-state index in [4.69, 9.17) is 16.7 Å². The number of carbonyl (C=O) groups is 2. The lowest BCUT2D eigenvalue weighted by molar-refractivity contribution is -0.274. The molecule has 1 aromatic rings. The Bertz CT molecular complexity index is 470. The second-order valence-corrected chi connectivity index (χ2v) is 3.23. The van der Waals surface area contributed by atoms with Crippen LogP contribution in [0.4, 0.5) is 13.2 Å². The maximum Gasteiger partial charge on any atom is 0.573 e. The predicted octanol–water partition coefficient (Wildman–Crippen LogP) is 2.51.